The minimum Gasteiger partial charge on any atom is -0.489 e. The van der Waals surface area contributed by atoms with Crippen LogP contribution in [0.3, 0.4) is 0 Å². The molecule has 0 aliphatic carbocycles. The molecule has 0 fully saturated rings. The van der Waals surface area contributed by atoms with Gasteiger partial charge in [-0.05, 0) is 61.7 Å². The Morgan fingerprint density at radius 2 is 1.52 bits per heavy atom. The normalized spacial score (nSPS) is 12.0. The van der Waals surface area contributed by atoms with Crippen LogP contribution in [0.1, 0.15) is 60.2 Å². The van der Waals surface area contributed by atoms with Gasteiger partial charge in [0, 0.05) is 5.92 Å². The Morgan fingerprint density at radius 3 is 2.15 bits per heavy atom. The fourth-order valence-electron chi connectivity index (χ4n) is 3.51. The number of benzene rings is 3. The molecule has 0 saturated heterocycles. The summed E-state index contributed by atoms with van der Waals surface area (Å²) in [6, 6.07) is 24.8. The minimum atomic E-state index is -0.535. The van der Waals surface area contributed by atoms with Crippen LogP contribution in [0.2, 0.25) is 0 Å². The molecule has 172 valence electrons. The number of methoxy groups -OCH3 is 1. The Bertz CT molecular complexity index is 1070. The van der Waals surface area contributed by atoms with Crippen molar-refractivity contribution in [2.24, 2.45) is 0 Å². The van der Waals surface area contributed by atoms with Crippen LogP contribution >= 0.6 is 0 Å². The molecule has 0 amide bonds. The maximum atomic E-state index is 12.6. The lowest BCUT2D eigenvalue weighted by molar-refractivity contribution is -0.155. The first kappa shape index (κ1) is 24.1. The van der Waals surface area contributed by atoms with Crippen LogP contribution in [0.5, 0.6) is 5.75 Å². The van der Waals surface area contributed by atoms with E-state index < -0.39 is 5.60 Å². The number of carbonyl (C=O) groups is 2. The lowest BCUT2D eigenvalue weighted by atomic mass is 9.88. The first-order valence-electron chi connectivity index (χ1n) is 10.9. The Labute approximate surface area is 195 Å². The summed E-state index contributed by atoms with van der Waals surface area (Å²) >= 11 is 0. The molecule has 0 aromatic heterocycles. The number of ether oxygens (including phenoxy) is 3. The maximum absolute atomic E-state index is 12.6. The molecule has 1 atom stereocenters. The quantitative estimate of drug-likeness (QED) is 0.402. The molecule has 3 aromatic carbocycles. The van der Waals surface area contributed by atoms with Gasteiger partial charge in [0.15, 0.2) is 0 Å². The standard InChI is InChI=1S/C28H30O5/c1-28(2,3)33-26(29)18-25(21-9-6-5-7-10-21)23-11-8-12-24(17-23)32-19-20-13-15-22(16-14-20)27(30)31-4/h5-17,25H,18-19H2,1-4H3/t25-/m0/s1. The number of carbonyl (C=O) groups excluding carboxylic acids is 2. The molecule has 3 rings (SSSR count). The molecule has 0 aliphatic heterocycles. The van der Waals surface area contributed by atoms with Crippen molar-refractivity contribution in [3.8, 4) is 5.75 Å². The molecule has 0 unspecified atom stereocenters. The summed E-state index contributed by atoms with van der Waals surface area (Å²) in [6.07, 6.45) is 0.236. The van der Waals surface area contributed by atoms with E-state index in [0.29, 0.717) is 17.9 Å². The molecule has 5 heteroatoms. The summed E-state index contributed by atoms with van der Waals surface area (Å²) in [5, 5.41) is 0. The first-order chi connectivity index (χ1) is 15.7. The van der Waals surface area contributed by atoms with E-state index in [-0.39, 0.29) is 24.3 Å². The van der Waals surface area contributed by atoms with Crippen molar-refractivity contribution in [2.45, 2.75) is 45.3 Å². The Balaban J connectivity index is 1.76. The van der Waals surface area contributed by atoms with Gasteiger partial charge in [0.25, 0.3) is 0 Å². The highest BCUT2D eigenvalue weighted by Crippen LogP contribution is 2.31. The number of hydrogen-bond donors (Lipinski definition) is 0. The summed E-state index contributed by atoms with van der Waals surface area (Å²) in [5.41, 5.74) is 2.91. The van der Waals surface area contributed by atoms with Crippen LogP contribution in [0, 0.1) is 0 Å². The summed E-state index contributed by atoms with van der Waals surface area (Å²) < 4.78 is 16.3. The summed E-state index contributed by atoms with van der Waals surface area (Å²) in [6.45, 7) is 5.96. The lowest BCUT2D eigenvalue weighted by Crippen LogP contribution is -2.25. The second kappa shape index (κ2) is 10.8. The first-order valence-corrected chi connectivity index (χ1v) is 10.9. The van der Waals surface area contributed by atoms with Gasteiger partial charge in [0.1, 0.15) is 18.0 Å². The molecular weight excluding hydrogens is 416 g/mol. The van der Waals surface area contributed by atoms with Crippen molar-refractivity contribution in [1.82, 2.24) is 0 Å². The average molecular weight is 447 g/mol. The van der Waals surface area contributed by atoms with Gasteiger partial charge >= 0.3 is 11.9 Å². The molecule has 33 heavy (non-hydrogen) atoms. The van der Waals surface area contributed by atoms with Crippen LogP contribution in [0.4, 0.5) is 0 Å². The second-order valence-electron chi connectivity index (χ2n) is 8.80. The molecule has 0 spiro atoms. The second-order valence-corrected chi connectivity index (χ2v) is 8.80. The van der Waals surface area contributed by atoms with E-state index in [2.05, 4.69) is 0 Å². The third-order valence-electron chi connectivity index (χ3n) is 5.03. The molecule has 0 N–H and O–H groups in total. The van der Waals surface area contributed by atoms with Crippen LogP contribution in [0.25, 0.3) is 0 Å². The molecule has 3 aromatic rings. The van der Waals surface area contributed by atoms with Crippen LogP contribution in [0.15, 0.2) is 78.9 Å². The van der Waals surface area contributed by atoms with Gasteiger partial charge in [0.2, 0.25) is 0 Å². The molecule has 0 bridgehead atoms. The maximum Gasteiger partial charge on any atom is 0.337 e. The largest absolute Gasteiger partial charge is 0.489 e. The molecule has 0 heterocycles. The zero-order chi connectivity index (χ0) is 23.8. The van der Waals surface area contributed by atoms with Gasteiger partial charge in [-0.15, -0.1) is 0 Å². The predicted molar refractivity (Wildman–Crippen MR) is 127 cm³/mol. The molecule has 0 aliphatic rings. The highest BCUT2D eigenvalue weighted by atomic mass is 16.6. The van der Waals surface area contributed by atoms with E-state index in [4.69, 9.17) is 14.2 Å². The van der Waals surface area contributed by atoms with Gasteiger partial charge in [-0.2, -0.15) is 0 Å². The molecule has 5 nitrogen and oxygen atoms in total. The third-order valence-corrected chi connectivity index (χ3v) is 5.03. The fraction of sp³-hybridized carbons (Fsp3) is 0.286. The van der Waals surface area contributed by atoms with Crippen molar-refractivity contribution < 1.29 is 23.8 Å². The highest BCUT2D eigenvalue weighted by Gasteiger charge is 2.23. The third kappa shape index (κ3) is 7.21. The Kier molecular flexibility index (Phi) is 7.88. The van der Waals surface area contributed by atoms with E-state index in [1.54, 1.807) is 12.1 Å². The van der Waals surface area contributed by atoms with E-state index in [0.717, 1.165) is 16.7 Å². The zero-order valence-corrected chi connectivity index (χ0v) is 19.5. The van der Waals surface area contributed by atoms with Crippen LogP contribution in [-0.4, -0.2) is 24.6 Å². The predicted octanol–water partition coefficient (Wildman–Crippen LogP) is 5.92. The SMILES string of the molecule is COC(=O)c1ccc(COc2cccc([C@@H](CC(=O)OC(C)(C)C)c3ccccc3)c2)cc1. The Hall–Kier alpha value is -3.60. The summed E-state index contributed by atoms with van der Waals surface area (Å²) in [4.78, 5) is 24.2. The lowest BCUT2D eigenvalue weighted by Gasteiger charge is -2.23. The summed E-state index contributed by atoms with van der Waals surface area (Å²) in [5.74, 6) is -0.0564. The van der Waals surface area contributed by atoms with Crippen LogP contribution < -0.4 is 4.74 Å². The molecule has 0 saturated carbocycles. The van der Waals surface area contributed by atoms with Gasteiger partial charge in [0.05, 0.1) is 19.1 Å². The number of esters is 2. The van der Waals surface area contributed by atoms with Crippen LogP contribution in [-0.2, 0) is 20.9 Å². The zero-order valence-electron chi connectivity index (χ0n) is 19.5. The van der Waals surface area contributed by atoms with E-state index >= 15 is 0 Å². The topological polar surface area (TPSA) is 61.8 Å². The van der Waals surface area contributed by atoms with Gasteiger partial charge in [-0.25, -0.2) is 4.79 Å². The Morgan fingerprint density at radius 1 is 0.848 bits per heavy atom. The summed E-state index contributed by atoms with van der Waals surface area (Å²) in [7, 11) is 1.36. The van der Waals surface area contributed by atoms with E-state index in [1.165, 1.54) is 7.11 Å². The molecular formula is C28H30O5. The minimum absolute atomic E-state index is 0.149. The van der Waals surface area contributed by atoms with Crippen molar-refractivity contribution >= 4 is 11.9 Å². The van der Waals surface area contributed by atoms with Gasteiger partial charge in [-0.1, -0.05) is 54.6 Å². The van der Waals surface area contributed by atoms with Gasteiger partial charge < -0.3 is 14.2 Å². The fourth-order valence-corrected chi connectivity index (χ4v) is 3.51. The van der Waals surface area contributed by atoms with Crippen molar-refractivity contribution in [3.05, 3.63) is 101 Å². The van der Waals surface area contributed by atoms with E-state index in [9.17, 15) is 9.59 Å². The molecule has 0 radical (unpaired) electrons. The van der Waals surface area contributed by atoms with Crippen molar-refractivity contribution in [2.75, 3.05) is 7.11 Å². The number of hydrogen-bond acceptors (Lipinski definition) is 5. The average Bonchev–Trinajstić information content (AvgIpc) is 2.80. The van der Waals surface area contributed by atoms with E-state index in [1.807, 2.05) is 87.5 Å². The smallest absolute Gasteiger partial charge is 0.337 e. The number of rotatable bonds is 8. The van der Waals surface area contributed by atoms with Crippen molar-refractivity contribution in [1.29, 1.82) is 0 Å². The monoisotopic (exact) mass is 446 g/mol. The van der Waals surface area contributed by atoms with Gasteiger partial charge in [-0.3, -0.25) is 4.79 Å². The highest BCUT2D eigenvalue weighted by molar-refractivity contribution is 5.89. The van der Waals surface area contributed by atoms with Crippen molar-refractivity contribution in [3.63, 3.8) is 0 Å².